The van der Waals surface area contributed by atoms with Gasteiger partial charge in [-0.25, -0.2) is 17.6 Å². The summed E-state index contributed by atoms with van der Waals surface area (Å²) in [6, 6.07) is 10.8. The molecule has 0 radical (unpaired) electrons. The highest BCUT2D eigenvalue weighted by atomic mass is 19.2. The summed E-state index contributed by atoms with van der Waals surface area (Å²) in [5.41, 5.74) is -0.117. The highest BCUT2D eigenvalue weighted by molar-refractivity contribution is 6.02. The van der Waals surface area contributed by atoms with E-state index in [1.165, 1.54) is 18.2 Å². The van der Waals surface area contributed by atoms with Crippen molar-refractivity contribution in [1.82, 2.24) is 10.2 Å². The molecule has 0 aliphatic rings. The average Bonchev–Trinajstić information content (AvgIpc) is 2.70. The monoisotopic (exact) mass is 390 g/mol. The van der Waals surface area contributed by atoms with Crippen LogP contribution in [0.25, 0.3) is 0 Å². The van der Waals surface area contributed by atoms with Crippen LogP contribution in [0.15, 0.2) is 48.5 Å². The van der Waals surface area contributed by atoms with E-state index in [1.807, 2.05) is 0 Å². The van der Waals surface area contributed by atoms with Crippen molar-refractivity contribution in [1.29, 1.82) is 0 Å². The van der Waals surface area contributed by atoms with Crippen molar-refractivity contribution in [3.05, 3.63) is 83.1 Å². The van der Waals surface area contributed by atoms with Gasteiger partial charge < -0.3 is 10.6 Å². The zero-order valence-electron chi connectivity index (χ0n) is 14.3. The van der Waals surface area contributed by atoms with E-state index in [2.05, 4.69) is 20.8 Å². The lowest BCUT2D eigenvalue weighted by molar-refractivity contribution is 0.102. The maximum absolute atomic E-state index is 13.6. The molecule has 0 spiro atoms. The predicted octanol–water partition coefficient (Wildman–Crippen LogP) is 3.94. The fourth-order valence-electron chi connectivity index (χ4n) is 2.38. The zero-order valence-corrected chi connectivity index (χ0v) is 14.3. The summed E-state index contributed by atoms with van der Waals surface area (Å²) in [6.07, 6.45) is 0.423. The van der Waals surface area contributed by atoms with E-state index in [1.54, 1.807) is 18.2 Å². The number of amides is 1. The fourth-order valence-corrected chi connectivity index (χ4v) is 2.38. The molecule has 9 heteroatoms. The molecule has 2 aromatic carbocycles. The highest BCUT2D eigenvalue weighted by Crippen LogP contribution is 2.20. The van der Waals surface area contributed by atoms with Crippen molar-refractivity contribution in [3.8, 4) is 0 Å². The first-order valence-corrected chi connectivity index (χ1v) is 8.21. The second-order valence-electron chi connectivity index (χ2n) is 5.75. The van der Waals surface area contributed by atoms with Gasteiger partial charge in [0, 0.05) is 6.54 Å². The van der Waals surface area contributed by atoms with Gasteiger partial charge in [-0.2, -0.15) is 0 Å². The van der Waals surface area contributed by atoms with Crippen molar-refractivity contribution in [3.63, 3.8) is 0 Å². The van der Waals surface area contributed by atoms with Gasteiger partial charge in [-0.15, -0.1) is 10.2 Å². The molecule has 3 rings (SSSR count). The van der Waals surface area contributed by atoms with Crippen molar-refractivity contribution in [2.24, 2.45) is 0 Å². The van der Waals surface area contributed by atoms with Crippen LogP contribution in [0, 0.1) is 23.3 Å². The Hall–Kier alpha value is -3.49. The summed E-state index contributed by atoms with van der Waals surface area (Å²) in [6.45, 7) is 0.390. The molecule has 0 unspecified atom stereocenters. The third kappa shape index (κ3) is 4.43. The quantitative estimate of drug-likeness (QED) is 0.494. The minimum Gasteiger partial charge on any atom is -0.368 e. The minimum atomic E-state index is -1.68. The number of nitrogens with one attached hydrogen (secondary N) is 2. The van der Waals surface area contributed by atoms with Crippen LogP contribution in [0.5, 0.6) is 0 Å². The largest absolute Gasteiger partial charge is 0.368 e. The van der Waals surface area contributed by atoms with E-state index in [-0.39, 0.29) is 11.5 Å². The summed E-state index contributed by atoms with van der Waals surface area (Å²) in [4.78, 5) is 12.1. The molecule has 0 aliphatic carbocycles. The summed E-state index contributed by atoms with van der Waals surface area (Å²) >= 11 is 0. The summed E-state index contributed by atoms with van der Waals surface area (Å²) < 4.78 is 53.3. The Morgan fingerprint density at radius 2 is 1.64 bits per heavy atom. The Balaban J connectivity index is 1.58. The minimum absolute atomic E-state index is 0.149. The number of nitrogens with zero attached hydrogens (tertiary/aromatic N) is 2. The summed E-state index contributed by atoms with van der Waals surface area (Å²) in [5, 5.41) is 12.5. The normalized spacial score (nSPS) is 10.6. The van der Waals surface area contributed by atoms with E-state index in [0.717, 1.165) is 6.07 Å². The van der Waals surface area contributed by atoms with Crippen LogP contribution in [0.4, 0.5) is 29.1 Å². The molecule has 0 saturated heterocycles. The number of halogens is 4. The molecular formula is C19H14F4N4O. The number of benzene rings is 2. The average molecular weight is 390 g/mol. The lowest BCUT2D eigenvalue weighted by atomic mass is 10.1. The Bertz CT molecular complexity index is 996. The first-order valence-electron chi connectivity index (χ1n) is 8.21. The summed E-state index contributed by atoms with van der Waals surface area (Å²) in [7, 11) is 0. The second kappa shape index (κ2) is 8.47. The molecule has 0 atom stereocenters. The zero-order chi connectivity index (χ0) is 20.1. The molecule has 5 nitrogen and oxygen atoms in total. The molecule has 1 heterocycles. The number of carbonyl (C=O) groups is 1. The number of hydrogen-bond acceptors (Lipinski definition) is 4. The van der Waals surface area contributed by atoms with Crippen LogP contribution in [0.1, 0.15) is 16.1 Å². The molecule has 2 N–H and O–H groups in total. The number of rotatable bonds is 6. The van der Waals surface area contributed by atoms with E-state index in [4.69, 9.17) is 0 Å². The van der Waals surface area contributed by atoms with Crippen LogP contribution >= 0.6 is 0 Å². The van der Waals surface area contributed by atoms with Crippen LogP contribution in [-0.4, -0.2) is 22.6 Å². The molecular weight excluding hydrogens is 376 g/mol. The van der Waals surface area contributed by atoms with Crippen LogP contribution in [0.2, 0.25) is 0 Å². The van der Waals surface area contributed by atoms with Gasteiger partial charge in [0.2, 0.25) is 0 Å². The van der Waals surface area contributed by atoms with Crippen LogP contribution in [0.3, 0.4) is 0 Å². The van der Waals surface area contributed by atoms with Crippen LogP contribution in [-0.2, 0) is 6.42 Å². The number of aromatic nitrogens is 2. The number of hydrogen-bond donors (Lipinski definition) is 2. The molecule has 144 valence electrons. The van der Waals surface area contributed by atoms with Crippen molar-refractivity contribution in [2.45, 2.75) is 6.42 Å². The Morgan fingerprint density at radius 3 is 2.36 bits per heavy atom. The van der Waals surface area contributed by atoms with E-state index < -0.39 is 29.0 Å². The number of anilines is 2. The molecule has 1 aromatic heterocycles. The third-order valence-corrected chi connectivity index (χ3v) is 3.84. The van der Waals surface area contributed by atoms with Crippen molar-refractivity contribution in [2.75, 3.05) is 17.2 Å². The topological polar surface area (TPSA) is 66.9 Å². The van der Waals surface area contributed by atoms with E-state index in [0.29, 0.717) is 30.4 Å². The maximum Gasteiger partial charge on any atom is 0.276 e. The van der Waals surface area contributed by atoms with Gasteiger partial charge in [0.1, 0.15) is 11.6 Å². The highest BCUT2D eigenvalue weighted by Gasteiger charge is 2.17. The SMILES string of the molecule is O=C(Nc1ccc(F)c(F)c1F)c1ccc(NCCc2ccccc2F)nn1. The van der Waals surface area contributed by atoms with Gasteiger partial charge in [0.25, 0.3) is 5.91 Å². The van der Waals surface area contributed by atoms with E-state index >= 15 is 0 Å². The second-order valence-corrected chi connectivity index (χ2v) is 5.75. The van der Waals surface area contributed by atoms with Crippen LogP contribution < -0.4 is 10.6 Å². The first kappa shape index (κ1) is 19.3. The van der Waals surface area contributed by atoms with Gasteiger partial charge in [-0.1, -0.05) is 18.2 Å². The lowest BCUT2D eigenvalue weighted by Crippen LogP contribution is -2.16. The van der Waals surface area contributed by atoms with Gasteiger partial charge in [0.05, 0.1) is 5.69 Å². The van der Waals surface area contributed by atoms with Gasteiger partial charge in [0.15, 0.2) is 23.1 Å². The van der Waals surface area contributed by atoms with Crippen molar-refractivity contribution >= 4 is 17.4 Å². The Morgan fingerprint density at radius 1 is 0.857 bits per heavy atom. The van der Waals surface area contributed by atoms with Gasteiger partial charge in [-0.05, 0) is 42.3 Å². The smallest absolute Gasteiger partial charge is 0.276 e. The fraction of sp³-hybridized carbons (Fsp3) is 0.105. The Labute approximate surface area is 157 Å². The third-order valence-electron chi connectivity index (χ3n) is 3.84. The molecule has 3 aromatic rings. The van der Waals surface area contributed by atoms with Gasteiger partial charge >= 0.3 is 0 Å². The Kier molecular flexibility index (Phi) is 5.83. The first-order chi connectivity index (χ1) is 13.5. The van der Waals surface area contributed by atoms with Gasteiger partial charge in [-0.3, -0.25) is 4.79 Å². The predicted molar refractivity (Wildman–Crippen MR) is 94.9 cm³/mol. The molecule has 0 saturated carbocycles. The standard InChI is InChI=1S/C19H14F4N4O/c20-12-4-2-1-3-11(12)9-10-24-16-8-7-15(26-27-16)19(28)25-14-6-5-13(21)17(22)18(14)23/h1-8H,9-10H2,(H,24,27)(H,25,28). The molecule has 28 heavy (non-hydrogen) atoms. The molecule has 1 amide bonds. The molecule has 0 aliphatic heterocycles. The van der Waals surface area contributed by atoms with E-state index in [9.17, 15) is 22.4 Å². The number of carbonyl (C=O) groups excluding carboxylic acids is 1. The summed E-state index contributed by atoms with van der Waals surface area (Å²) in [5.74, 6) is -5.33. The maximum atomic E-state index is 13.6. The van der Waals surface area contributed by atoms with Crippen molar-refractivity contribution < 1.29 is 22.4 Å². The molecule has 0 bridgehead atoms. The lowest BCUT2D eigenvalue weighted by Gasteiger charge is -2.08. The molecule has 0 fully saturated rings.